The summed E-state index contributed by atoms with van der Waals surface area (Å²) in [5.41, 5.74) is -2.54. The van der Waals surface area contributed by atoms with Crippen molar-refractivity contribution in [1.29, 1.82) is 5.26 Å². The second kappa shape index (κ2) is 10.6. The number of amides is 1. The fourth-order valence-electron chi connectivity index (χ4n) is 4.78. The second-order valence-electron chi connectivity index (χ2n) is 9.40. The number of likely N-dealkylation sites (tertiary alicyclic amines) is 1. The Balaban J connectivity index is 1.61. The van der Waals surface area contributed by atoms with Gasteiger partial charge in [0.2, 0.25) is 0 Å². The summed E-state index contributed by atoms with van der Waals surface area (Å²) < 4.78 is 40.3. The predicted octanol–water partition coefficient (Wildman–Crippen LogP) is 4.31. The molecule has 2 saturated heterocycles. The van der Waals surface area contributed by atoms with Gasteiger partial charge in [-0.25, -0.2) is 0 Å². The van der Waals surface area contributed by atoms with Gasteiger partial charge in [-0.3, -0.25) is 14.6 Å². The summed E-state index contributed by atoms with van der Waals surface area (Å²) in [6.45, 7) is 6.17. The molecule has 1 N–H and O–H groups in total. The maximum absolute atomic E-state index is 13.4. The van der Waals surface area contributed by atoms with Crippen molar-refractivity contribution in [2.75, 3.05) is 31.1 Å². The van der Waals surface area contributed by atoms with Gasteiger partial charge < -0.3 is 10.0 Å². The Morgan fingerprint density at radius 3 is 2.50 bits per heavy atom. The van der Waals surface area contributed by atoms with Crippen molar-refractivity contribution < 1.29 is 23.1 Å². The van der Waals surface area contributed by atoms with Gasteiger partial charge in [-0.2, -0.15) is 18.4 Å². The van der Waals surface area contributed by atoms with E-state index in [0.29, 0.717) is 6.54 Å². The van der Waals surface area contributed by atoms with Gasteiger partial charge in [0.1, 0.15) is 5.54 Å². The number of thiocarbonyl (C=S) groups is 1. The molecule has 34 heavy (non-hydrogen) atoms. The number of aliphatic hydroxyl groups is 1. The number of carbonyl (C=O) groups excluding carboxylic acids is 1. The number of rotatable bonds is 9. The third-order valence-corrected chi connectivity index (χ3v) is 7.20. The van der Waals surface area contributed by atoms with Gasteiger partial charge in [0.15, 0.2) is 5.11 Å². The van der Waals surface area contributed by atoms with Crippen molar-refractivity contribution >= 4 is 28.9 Å². The van der Waals surface area contributed by atoms with Crippen molar-refractivity contribution in [2.45, 2.75) is 70.1 Å². The van der Waals surface area contributed by atoms with E-state index in [0.717, 1.165) is 68.6 Å². The number of hydrogen-bond acceptors (Lipinski definition) is 5. The van der Waals surface area contributed by atoms with Crippen molar-refractivity contribution in [3.05, 3.63) is 29.3 Å². The highest BCUT2D eigenvalue weighted by atomic mass is 32.1. The summed E-state index contributed by atoms with van der Waals surface area (Å²) in [4.78, 5) is 18.4. The number of aliphatic hydroxyl groups excluding tert-OH is 1. The summed E-state index contributed by atoms with van der Waals surface area (Å²) in [5, 5.41) is 18.6. The molecule has 1 amide bonds. The topological polar surface area (TPSA) is 70.8 Å². The van der Waals surface area contributed by atoms with Gasteiger partial charge >= 0.3 is 6.18 Å². The molecular formula is C24H31F3N4O2S. The molecule has 6 nitrogen and oxygen atoms in total. The molecule has 0 saturated carbocycles. The Morgan fingerprint density at radius 1 is 1.21 bits per heavy atom. The van der Waals surface area contributed by atoms with Gasteiger partial charge in [0.05, 0.1) is 29.5 Å². The zero-order valence-electron chi connectivity index (χ0n) is 19.6. The standard InChI is InChI=1S/C24H31F3N4O2S/c1-23(2)21(33)31(18-10-9-17(15-28)20(14-18)24(25,26)27)22(34)30(23)13-6-4-3-5-11-29-12-7-8-19(29)16-32/h9-10,14,19,32H,3-8,11-13,16H2,1-2H3/t19-/m1/s1. The van der Waals surface area contributed by atoms with Crippen LogP contribution in [0.15, 0.2) is 18.2 Å². The number of nitrogens with zero attached hydrogens (tertiary/aromatic N) is 4. The smallest absolute Gasteiger partial charge is 0.395 e. The Morgan fingerprint density at radius 2 is 1.88 bits per heavy atom. The molecule has 186 valence electrons. The van der Waals surface area contributed by atoms with Crippen LogP contribution in [0.5, 0.6) is 0 Å². The molecule has 1 aromatic rings. The van der Waals surface area contributed by atoms with Crippen LogP contribution in [0.25, 0.3) is 0 Å². The molecule has 0 radical (unpaired) electrons. The first-order valence-electron chi connectivity index (χ1n) is 11.6. The number of anilines is 1. The summed E-state index contributed by atoms with van der Waals surface area (Å²) in [6, 6.07) is 5.05. The fourth-order valence-corrected chi connectivity index (χ4v) is 5.28. The van der Waals surface area contributed by atoms with E-state index in [-0.39, 0.29) is 29.4 Å². The van der Waals surface area contributed by atoms with E-state index < -0.39 is 22.8 Å². The van der Waals surface area contributed by atoms with Gasteiger partial charge in [0, 0.05) is 12.6 Å². The lowest BCUT2D eigenvalue weighted by molar-refractivity contribution is -0.137. The van der Waals surface area contributed by atoms with E-state index in [9.17, 15) is 23.1 Å². The normalized spacial score (nSPS) is 20.9. The van der Waals surface area contributed by atoms with Gasteiger partial charge in [-0.1, -0.05) is 12.8 Å². The molecule has 2 fully saturated rings. The second-order valence-corrected chi connectivity index (χ2v) is 9.77. The molecule has 1 atom stereocenters. The number of hydrogen-bond donors (Lipinski definition) is 1. The van der Waals surface area contributed by atoms with Crippen molar-refractivity contribution in [2.24, 2.45) is 0 Å². The highest BCUT2D eigenvalue weighted by Gasteiger charge is 2.49. The number of alkyl halides is 3. The highest BCUT2D eigenvalue weighted by molar-refractivity contribution is 7.80. The van der Waals surface area contributed by atoms with Crippen LogP contribution in [0.4, 0.5) is 18.9 Å². The number of benzene rings is 1. The van der Waals surface area contributed by atoms with E-state index in [1.165, 1.54) is 6.07 Å². The first-order valence-corrected chi connectivity index (χ1v) is 12.1. The van der Waals surface area contributed by atoms with E-state index in [2.05, 4.69) is 4.90 Å². The number of nitriles is 1. The van der Waals surface area contributed by atoms with Crippen molar-refractivity contribution in [3.8, 4) is 6.07 Å². The molecule has 0 aliphatic carbocycles. The Hall–Kier alpha value is -2.22. The SMILES string of the molecule is CC1(C)C(=O)N(c2ccc(C#N)c(C(F)(F)F)c2)C(=S)N1CCCCCCN1CCC[C@@H]1CO. The zero-order valence-corrected chi connectivity index (χ0v) is 20.4. The van der Waals surface area contributed by atoms with Crippen LogP contribution in [0.3, 0.4) is 0 Å². The van der Waals surface area contributed by atoms with Gasteiger partial charge in [0.25, 0.3) is 5.91 Å². The van der Waals surface area contributed by atoms with Crippen LogP contribution in [0.1, 0.15) is 63.5 Å². The van der Waals surface area contributed by atoms with Crippen LogP contribution < -0.4 is 4.90 Å². The summed E-state index contributed by atoms with van der Waals surface area (Å²) >= 11 is 5.52. The molecule has 0 bridgehead atoms. The highest BCUT2D eigenvalue weighted by Crippen LogP contribution is 2.38. The number of halogens is 3. The summed E-state index contributed by atoms with van der Waals surface area (Å²) in [7, 11) is 0. The minimum atomic E-state index is -4.72. The Bertz CT molecular complexity index is 961. The van der Waals surface area contributed by atoms with Crippen LogP contribution >= 0.6 is 12.2 Å². The average Bonchev–Trinajstić information content (AvgIpc) is 3.30. The van der Waals surface area contributed by atoms with Crippen LogP contribution in [0.2, 0.25) is 0 Å². The third-order valence-electron chi connectivity index (χ3n) is 6.80. The molecule has 0 unspecified atom stereocenters. The molecule has 1 aromatic carbocycles. The summed E-state index contributed by atoms with van der Waals surface area (Å²) in [6.07, 6.45) is 1.24. The van der Waals surface area contributed by atoms with Crippen molar-refractivity contribution in [3.63, 3.8) is 0 Å². The van der Waals surface area contributed by atoms with Crippen LogP contribution in [-0.2, 0) is 11.0 Å². The van der Waals surface area contributed by atoms with Crippen LogP contribution in [-0.4, -0.2) is 63.7 Å². The minimum Gasteiger partial charge on any atom is -0.395 e. The van der Waals surface area contributed by atoms with Gasteiger partial charge in [-0.05, 0) is 83.0 Å². The first-order chi connectivity index (χ1) is 16.0. The average molecular weight is 497 g/mol. The van der Waals surface area contributed by atoms with Gasteiger partial charge in [-0.15, -0.1) is 0 Å². The Labute approximate surface area is 203 Å². The predicted molar refractivity (Wildman–Crippen MR) is 127 cm³/mol. The number of unbranched alkanes of at least 4 members (excludes halogenated alkanes) is 3. The Kier molecular flexibility index (Phi) is 8.22. The maximum atomic E-state index is 13.4. The zero-order chi connectivity index (χ0) is 25.1. The largest absolute Gasteiger partial charge is 0.417 e. The maximum Gasteiger partial charge on any atom is 0.417 e. The molecule has 2 heterocycles. The van der Waals surface area contributed by atoms with E-state index in [1.807, 2.05) is 0 Å². The molecule has 10 heteroatoms. The lowest BCUT2D eigenvalue weighted by atomic mass is 10.0. The summed E-state index contributed by atoms with van der Waals surface area (Å²) in [5.74, 6) is -0.389. The molecular weight excluding hydrogens is 465 g/mol. The van der Waals surface area contributed by atoms with Crippen LogP contribution in [0, 0.1) is 11.3 Å². The first kappa shape index (κ1) is 26.4. The molecule has 3 rings (SSSR count). The quantitative estimate of drug-likeness (QED) is 0.406. The van der Waals surface area contributed by atoms with Crippen molar-refractivity contribution in [1.82, 2.24) is 9.80 Å². The monoisotopic (exact) mass is 496 g/mol. The lowest BCUT2D eigenvalue weighted by Crippen LogP contribution is -2.44. The molecule has 0 spiro atoms. The molecule has 2 aliphatic heterocycles. The fraction of sp³-hybridized carbons (Fsp3) is 0.625. The molecule has 2 aliphatic rings. The molecule has 0 aromatic heterocycles. The van der Waals surface area contributed by atoms with E-state index in [4.69, 9.17) is 17.5 Å². The third kappa shape index (κ3) is 5.37. The minimum absolute atomic E-state index is 0.0148. The van der Waals surface area contributed by atoms with E-state index >= 15 is 0 Å². The van der Waals surface area contributed by atoms with E-state index in [1.54, 1.807) is 24.8 Å². The lowest BCUT2D eigenvalue weighted by Gasteiger charge is -2.29. The number of carbonyl (C=O) groups is 1.